The lowest BCUT2D eigenvalue weighted by Crippen LogP contribution is -2.49. The second-order valence-corrected chi connectivity index (χ2v) is 8.07. The number of rotatable bonds is 3. The molecule has 0 N–H and O–H groups in total. The Kier molecular flexibility index (Phi) is 5.25. The van der Waals surface area contributed by atoms with Crippen LogP contribution in [0.2, 0.25) is 0 Å². The van der Waals surface area contributed by atoms with Gasteiger partial charge in [0.25, 0.3) is 5.56 Å². The van der Waals surface area contributed by atoms with Gasteiger partial charge in [0.1, 0.15) is 0 Å². The maximum absolute atomic E-state index is 12.8. The van der Waals surface area contributed by atoms with E-state index in [-0.39, 0.29) is 11.5 Å². The molecule has 2 aromatic rings. The minimum atomic E-state index is 0.0382. The molecule has 6 heteroatoms. The average molecular weight is 368 g/mol. The molecule has 4 rings (SSSR count). The van der Waals surface area contributed by atoms with Gasteiger partial charge in [-0.2, -0.15) is 0 Å². The van der Waals surface area contributed by atoms with E-state index in [2.05, 4.69) is 16.9 Å². The lowest BCUT2D eigenvalue weighted by atomic mass is 9.81. The maximum atomic E-state index is 12.8. The van der Waals surface area contributed by atoms with E-state index in [1.165, 1.54) is 0 Å². The molecule has 1 aromatic heterocycles. The number of nitrogens with zero attached hydrogens (tertiary/aromatic N) is 4. The van der Waals surface area contributed by atoms with Crippen molar-refractivity contribution < 1.29 is 4.79 Å². The van der Waals surface area contributed by atoms with Gasteiger partial charge >= 0.3 is 0 Å². The van der Waals surface area contributed by atoms with Gasteiger partial charge in [0, 0.05) is 38.6 Å². The highest BCUT2D eigenvalue weighted by atomic mass is 16.2. The topological polar surface area (TPSA) is 58.4 Å². The van der Waals surface area contributed by atoms with E-state index in [0.29, 0.717) is 23.8 Å². The van der Waals surface area contributed by atoms with Crippen LogP contribution in [0.25, 0.3) is 10.9 Å². The van der Waals surface area contributed by atoms with Gasteiger partial charge in [-0.15, -0.1) is 0 Å². The third-order valence-corrected chi connectivity index (χ3v) is 6.20. The highest BCUT2D eigenvalue weighted by Crippen LogP contribution is 2.31. The first kappa shape index (κ1) is 18.2. The molecule has 1 aliphatic heterocycles. The molecule has 1 aliphatic carbocycles. The van der Waals surface area contributed by atoms with E-state index >= 15 is 0 Å². The summed E-state index contributed by atoms with van der Waals surface area (Å²) >= 11 is 0. The number of amides is 1. The molecule has 2 aliphatic rings. The number of aromatic nitrogens is 2. The Bertz CT molecular complexity index is 862. The first-order valence-corrected chi connectivity index (χ1v) is 10.0. The summed E-state index contributed by atoms with van der Waals surface area (Å²) in [5, 5.41) is 0.680. The van der Waals surface area contributed by atoms with E-state index in [1.54, 1.807) is 10.9 Å². The van der Waals surface area contributed by atoms with Crippen LogP contribution in [0.1, 0.15) is 25.7 Å². The molecular formula is C21H28N4O2. The van der Waals surface area contributed by atoms with Gasteiger partial charge in [-0.3, -0.25) is 14.2 Å². The Labute approximate surface area is 159 Å². The van der Waals surface area contributed by atoms with Crippen molar-refractivity contribution in [1.29, 1.82) is 0 Å². The highest BCUT2D eigenvalue weighted by Gasteiger charge is 2.30. The molecule has 0 radical (unpaired) electrons. The molecule has 1 aromatic carbocycles. The fraction of sp³-hybridized carbons (Fsp3) is 0.571. The molecule has 27 heavy (non-hydrogen) atoms. The second kappa shape index (κ2) is 7.80. The number of benzene rings is 1. The monoisotopic (exact) mass is 368 g/mol. The number of fused-ring (bicyclic) bond motifs is 1. The Hall–Kier alpha value is -2.21. The summed E-state index contributed by atoms with van der Waals surface area (Å²) in [6, 6.07) is 7.49. The summed E-state index contributed by atoms with van der Waals surface area (Å²) in [6.45, 7) is 4.35. The highest BCUT2D eigenvalue weighted by molar-refractivity contribution is 5.79. The van der Waals surface area contributed by atoms with Crippen LogP contribution in [0.5, 0.6) is 0 Å². The number of carbonyl (C=O) groups excluding carboxylic acids is 1. The zero-order valence-electron chi connectivity index (χ0n) is 16.0. The third kappa shape index (κ3) is 3.90. The summed E-state index contributed by atoms with van der Waals surface area (Å²) in [6.07, 6.45) is 5.55. The molecule has 0 spiro atoms. The van der Waals surface area contributed by atoms with Gasteiger partial charge in [-0.25, -0.2) is 4.98 Å². The van der Waals surface area contributed by atoms with Crippen molar-refractivity contribution in [3.05, 3.63) is 40.9 Å². The Morgan fingerprint density at radius 2 is 1.78 bits per heavy atom. The van der Waals surface area contributed by atoms with Gasteiger partial charge in [0.2, 0.25) is 5.91 Å². The molecule has 0 unspecified atom stereocenters. The summed E-state index contributed by atoms with van der Waals surface area (Å²) in [4.78, 5) is 34.2. The van der Waals surface area contributed by atoms with E-state index < -0.39 is 0 Å². The Morgan fingerprint density at radius 1 is 1.07 bits per heavy atom. The zero-order chi connectivity index (χ0) is 18.8. The van der Waals surface area contributed by atoms with Crippen molar-refractivity contribution in [2.24, 2.45) is 11.8 Å². The number of piperazine rings is 1. The van der Waals surface area contributed by atoms with Crippen molar-refractivity contribution in [2.75, 3.05) is 33.2 Å². The van der Waals surface area contributed by atoms with Crippen molar-refractivity contribution in [3.8, 4) is 0 Å². The van der Waals surface area contributed by atoms with Gasteiger partial charge < -0.3 is 9.80 Å². The summed E-state index contributed by atoms with van der Waals surface area (Å²) in [5.41, 5.74) is 0.788. The van der Waals surface area contributed by atoms with Gasteiger partial charge in [-0.1, -0.05) is 12.1 Å². The lowest BCUT2D eigenvalue weighted by Gasteiger charge is -2.36. The van der Waals surface area contributed by atoms with E-state index in [1.807, 2.05) is 29.2 Å². The molecule has 144 valence electrons. The third-order valence-electron chi connectivity index (χ3n) is 6.20. The van der Waals surface area contributed by atoms with Crippen LogP contribution >= 0.6 is 0 Å². The zero-order valence-corrected chi connectivity index (χ0v) is 16.0. The fourth-order valence-electron chi connectivity index (χ4n) is 4.39. The van der Waals surface area contributed by atoms with E-state index in [0.717, 1.165) is 57.4 Å². The SMILES string of the molecule is CN1CCN(C(=O)C2CCC(Cn3cnc4ccccc4c3=O)CC2)CC1. The summed E-state index contributed by atoms with van der Waals surface area (Å²) in [5.74, 6) is 0.949. The molecule has 0 atom stereocenters. The number of hydrogen-bond donors (Lipinski definition) is 0. The number of carbonyl (C=O) groups is 1. The van der Waals surface area contributed by atoms with Gasteiger partial charge in [-0.05, 0) is 50.8 Å². The van der Waals surface area contributed by atoms with Crippen molar-refractivity contribution in [1.82, 2.24) is 19.4 Å². The number of para-hydroxylation sites is 1. The van der Waals surface area contributed by atoms with Crippen LogP contribution in [-0.4, -0.2) is 58.5 Å². The second-order valence-electron chi connectivity index (χ2n) is 8.07. The molecule has 2 heterocycles. The van der Waals surface area contributed by atoms with Crippen LogP contribution in [0, 0.1) is 11.8 Å². The minimum absolute atomic E-state index is 0.0382. The average Bonchev–Trinajstić information content (AvgIpc) is 2.71. The quantitative estimate of drug-likeness (QED) is 0.831. The predicted molar refractivity (Wildman–Crippen MR) is 106 cm³/mol. The van der Waals surface area contributed by atoms with Gasteiger partial charge in [0.15, 0.2) is 0 Å². The van der Waals surface area contributed by atoms with E-state index in [9.17, 15) is 9.59 Å². The van der Waals surface area contributed by atoms with Crippen LogP contribution in [0.4, 0.5) is 0 Å². The van der Waals surface area contributed by atoms with E-state index in [4.69, 9.17) is 0 Å². The standard InChI is InChI=1S/C21H28N4O2/c1-23-10-12-24(13-11-23)20(26)17-8-6-16(7-9-17)14-25-15-22-19-5-3-2-4-18(19)21(25)27/h2-5,15-17H,6-14H2,1H3. The molecule has 1 saturated carbocycles. The van der Waals surface area contributed by atoms with Gasteiger partial charge in [0.05, 0.1) is 17.2 Å². The molecule has 1 amide bonds. The largest absolute Gasteiger partial charge is 0.340 e. The van der Waals surface area contributed by atoms with Crippen molar-refractivity contribution >= 4 is 16.8 Å². The Balaban J connectivity index is 1.35. The smallest absolute Gasteiger partial charge is 0.261 e. The van der Waals surface area contributed by atoms with Crippen LogP contribution in [-0.2, 0) is 11.3 Å². The first-order valence-electron chi connectivity index (χ1n) is 10.0. The number of hydrogen-bond acceptors (Lipinski definition) is 4. The predicted octanol–water partition coefficient (Wildman–Crippen LogP) is 1.98. The maximum Gasteiger partial charge on any atom is 0.261 e. The van der Waals surface area contributed by atoms with Crippen molar-refractivity contribution in [3.63, 3.8) is 0 Å². The first-order chi connectivity index (χ1) is 13.1. The lowest BCUT2D eigenvalue weighted by molar-refractivity contribution is -0.138. The summed E-state index contributed by atoms with van der Waals surface area (Å²) in [7, 11) is 2.11. The molecular weight excluding hydrogens is 340 g/mol. The normalized spacial score (nSPS) is 24.3. The molecule has 1 saturated heterocycles. The fourth-order valence-corrected chi connectivity index (χ4v) is 4.39. The molecule has 2 fully saturated rings. The summed E-state index contributed by atoms with van der Waals surface area (Å²) < 4.78 is 1.75. The molecule has 0 bridgehead atoms. The van der Waals surface area contributed by atoms with Crippen LogP contribution < -0.4 is 5.56 Å². The molecule has 6 nitrogen and oxygen atoms in total. The van der Waals surface area contributed by atoms with Crippen LogP contribution in [0.3, 0.4) is 0 Å². The van der Waals surface area contributed by atoms with Crippen LogP contribution in [0.15, 0.2) is 35.4 Å². The minimum Gasteiger partial charge on any atom is -0.340 e. The Morgan fingerprint density at radius 3 is 2.52 bits per heavy atom. The number of likely N-dealkylation sites (N-methyl/N-ethyl adjacent to an activating group) is 1. The van der Waals surface area contributed by atoms with Crippen molar-refractivity contribution in [2.45, 2.75) is 32.2 Å².